The summed E-state index contributed by atoms with van der Waals surface area (Å²) in [7, 11) is 0. The van der Waals surface area contributed by atoms with Crippen LogP contribution >= 0.6 is 34.8 Å². The van der Waals surface area contributed by atoms with Gasteiger partial charge in [0.2, 0.25) is 0 Å². The van der Waals surface area contributed by atoms with Gasteiger partial charge in [-0.1, -0.05) is 46.9 Å². The largest absolute Gasteiger partial charge is 0.396 e. The highest BCUT2D eigenvalue weighted by Gasteiger charge is 2.19. The molecular formula is C14H10Cl3N5O3. The molecule has 0 aliphatic rings. The van der Waals surface area contributed by atoms with Crippen LogP contribution in [0, 0.1) is 10.1 Å². The van der Waals surface area contributed by atoms with E-state index in [-0.39, 0.29) is 32.3 Å². The number of halogens is 3. The fourth-order valence-electron chi connectivity index (χ4n) is 1.78. The lowest BCUT2D eigenvalue weighted by atomic mass is 10.1. The van der Waals surface area contributed by atoms with Crippen molar-refractivity contribution in [2.24, 2.45) is 5.10 Å². The van der Waals surface area contributed by atoms with Gasteiger partial charge >= 0.3 is 0 Å². The van der Waals surface area contributed by atoms with Gasteiger partial charge < -0.3 is 5.73 Å². The second-order valence-electron chi connectivity index (χ2n) is 4.74. The molecule has 0 saturated heterocycles. The Kier molecular flexibility index (Phi) is 5.78. The average molecular weight is 403 g/mol. The lowest BCUT2D eigenvalue weighted by Crippen LogP contribution is -2.21. The zero-order valence-corrected chi connectivity index (χ0v) is 14.9. The number of benzene rings is 1. The monoisotopic (exact) mass is 401 g/mol. The molecule has 0 atom stereocenters. The Morgan fingerprint density at radius 3 is 2.64 bits per heavy atom. The predicted octanol–water partition coefficient (Wildman–Crippen LogP) is 3.69. The zero-order valence-electron chi connectivity index (χ0n) is 12.6. The molecule has 8 nitrogen and oxygen atoms in total. The maximum Gasteiger partial charge on any atom is 0.291 e. The smallest absolute Gasteiger partial charge is 0.291 e. The molecule has 0 radical (unpaired) electrons. The number of non-ortho nitro benzene ring substituents is 1. The molecule has 1 amide bonds. The highest BCUT2D eigenvalue weighted by molar-refractivity contribution is 6.46. The van der Waals surface area contributed by atoms with E-state index in [2.05, 4.69) is 15.5 Å². The first-order valence-electron chi connectivity index (χ1n) is 6.61. The Hall–Kier alpha value is -2.42. The van der Waals surface area contributed by atoms with E-state index >= 15 is 0 Å². The number of nitrogens with one attached hydrogen (secondary N) is 1. The third-order valence-corrected chi connectivity index (χ3v) is 4.22. The molecule has 130 valence electrons. The Labute approximate surface area is 156 Å². The molecule has 0 bridgehead atoms. The van der Waals surface area contributed by atoms with Gasteiger partial charge in [-0.25, -0.2) is 10.4 Å². The van der Waals surface area contributed by atoms with Crippen molar-refractivity contribution in [1.29, 1.82) is 0 Å². The number of nitrogen functional groups attached to an aromatic ring is 1. The van der Waals surface area contributed by atoms with Crippen LogP contribution in [0.2, 0.25) is 15.2 Å². The van der Waals surface area contributed by atoms with Crippen molar-refractivity contribution in [3.8, 4) is 0 Å². The molecule has 25 heavy (non-hydrogen) atoms. The van der Waals surface area contributed by atoms with Crippen LogP contribution in [0.1, 0.15) is 23.0 Å². The summed E-state index contributed by atoms with van der Waals surface area (Å²) < 4.78 is 0. The number of nitro benzene ring substituents is 1. The first kappa shape index (κ1) is 18.9. The Bertz CT molecular complexity index is 902. The van der Waals surface area contributed by atoms with E-state index in [4.69, 9.17) is 40.5 Å². The summed E-state index contributed by atoms with van der Waals surface area (Å²) in [6.45, 7) is 1.57. The summed E-state index contributed by atoms with van der Waals surface area (Å²) >= 11 is 17.5. The van der Waals surface area contributed by atoms with Crippen LogP contribution in [0.5, 0.6) is 0 Å². The standard InChI is InChI=1S/C14H10Cl3N5O3/c1-6(7-3-2-4-8(5-7)22(24)25)20-21-14(23)12-9(15)11(18)10(16)13(17)19-12/h2-5H,1H3,(H2,18,19)(H,21,23)/b20-6+. The lowest BCUT2D eigenvalue weighted by Gasteiger charge is -2.08. The molecule has 1 heterocycles. The first-order chi connectivity index (χ1) is 11.7. The van der Waals surface area contributed by atoms with Crippen LogP contribution in [0.3, 0.4) is 0 Å². The van der Waals surface area contributed by atoms with Crippen LogP contribution in [0.25, 0.3) is 0 Å². The van der Waals surface area contributed by atoms with Gasteiger partial charge in [-0.2, -0.15) is 5.10 Å². The number of pyridine rings is 1. The molecule has 1 aromatic carbocycles. The number of rotatable bonds is 4. The summed E-state index contributed by atoms with van der Waals surface area (Å²) in [6, 6.07) is 5.79. The number of nitrogens with zero attached hydrogens (tertiary/aromatic N) is 3. The van der Waals surface area contributed by atoms with E-state index in [0.717, 1.165) is 0 Å². The lowest BCUT2D eigenvalue weighted by molar-refractivity contribution is -0.384. The highest BCUT2D eigenvalue weighted by atomic mass is 35.5. The van der Waals surface area contributed by atoms with Crippen molar-refractivity contribution >= 4 is 57.8 Å². The summed E-state index contributed by atoms with van der Waals surface area (Å²) in [5.74, 6) is -0.764. The Morgan fingerprint density at radius 2 is 2.00 bits per heavy atom. The van der Waals surface area contributed by atoms with Crippen molar-refractivity contribution in [3.63, 3.8) is 0 Å². The minimum atomic E-state index is -0.764. The number of amides is 1. The van der Waals surface area contributed by atoms with Gasteiger partial charge in [-0.05, 0) is 6.92 Å². The summed E-state index contributed by atoms with van der Waals surface area (Å²) in [4.78, 5) is 26.2. The SMILES string of the molecule is C/C(=N\NC(=O)c1nc(Cl)c(Cl)c(N)c1Cl)c1cccc([N+](=O)[O-])c1. The Balaban J connectivity index is 2.26. The second-order valence-corrected chi connectivity index (χ2v) is 5.85. The highest BCUT2D eigenvalue weighted by Crippen LogP contribution is 2.34. The Morgan fingerprint density at radius 1 is 1.32 bits per heavy atom. The van der Waals surface area contributed by atoms with Crippen LogP contribution in [0.15, 0.2) is 29.4 Å². The number of hydrazone groups is 1. The van der Waals surface area contributed by atoms with E-state index < -0.39 is 10.8 Å². The molecule has 2 aromatic rings. The average Bonchev–Trinajstić information content (AvgIpc) is 2.60. The fourth-order valence-corrected chi connectivity index (χ4v) is 2.37. The molecule has 0 unspecified atom stereocenters. The fraction of sp³-hybridized carbons (Fsp3) is 0.0714. The zero-order chi connectivity index (χ0) is 18.7. The minimum absolute atomic E-state index is 0.0560. The van der Waals surface area contributed by atoms with E-state index in [0.29, 0.717) is 11.3 Å². The normalized spacial score (nSPS) is 11.3. The van der Waals surface area contributed by atoms with Gasteiger partial charge in [0, 0.05) is 17.7 Å². The second kappa shape index (κ2) is 7.64. The van der Waals surface area contributed by atoms with Crippen LogP contribution < -0.4 is 11.2 Å². The number of hydrogen-bond donors (Lipinski definition) is 2. The van der Waals surface area contributed by atoms with Gasteiger partial charge in [0.15, 0.2) is 10.8 Å². The van der Waals surface area contributed by atoms with E-state index in [1.165, 1.54) is 18.2 Å². The summed E-state index contributed by atoms with van der Waals surface area (Å²) in [5, 5.41) is 14.3. The van der Waals surface area contributed by atoms with Gasteiger partial charge in [0.25, 0.3) is 11.6 Å². The third-order valence-electron chi connectivity index (χ3n) is 3.09. The quantitative estimate of drug-likeness (QED) is 0.349. The van der Waals surface area contributed by atoms with Crippen molar-refractivity contribution in [1.82, 2.24) is 10.4 Å². The van der Waals surface area contributed by atoms with E-state index in [1.807, 2.05) is 0 Å². The maximum absolute atomic E-state index is 12.2. The van der Waals surface area contributed by atoms with Crippen molar-refractivity contribution in [2.75, 3.05) is 5.73 Å². The number of nitro groups is 1. The third kappa shape index (κ3) is 4.16. The van der Waals surface area contributed by atoms with Crippen LogP contribution in [-0.2, 0) is 0 Å². The molecular weight excluding hydrogens is 393 g/mol. The molecule has 0 spiro atoms. The maximum atomic E-state index is 12.2. The van der Waals surface area contributed by atoms with Gasteiger partial charge in [-0.3, -0.25) is 14.9 Å². The molecule has 2 rings (SSSR count). The van der Waals surface area contributed by atoms with Gasteiger partial charge in [0.1, 0.15) is 5.02 Å². The number of carbonyl (C=O) groups excluding carboxylic acids is 1. The minimum Gasteiger partial charge on any atom is -0.396 e. The van der Waals surface area contributed by atoms with E-state index in [1.54, 1.807) is 13.0 Å². The molecule has 3 N–H and O–H groups in total. The molecule has 0 fully saturated rings. The predicted molar refractivity (Wildman–Crippen MR) is 96.5 cm³/mol. The van der Waals surface area contributed by atoms with Crippen molar-refractivity contribution in [2.45, 2.75) is 6.92 Å². The molecule has 0 aliphatic heterocycles. The number of aromatic nitrogens is 1. The number of carbonyl (C=O) groups is 1. The van der Waals surface area contributed by atoms with Crippen LogP contribution in [-0.4, -0.2) is 21.5 Å². The number of nitrogens with two attached hydrogens (primary N) is 1. The van der Waals surface area contributed by atoms with Crippen molar-refractivity contribution < 1.29 is 9.72 Å². The van der Waals surface area contributed by atoms with Crippen LogP contribution in [0.4, 0.5) is 11.4 Å². The molecule has 0 saturated carbocycles. The van der Waals surface area contributed by atoms with Crippen molar-refractivity contribution in [3.05, 3.63) is 60.8 Å². The molecule has 0 aliphatic carbocycles. The molecule has 11 heteroatoms. The molecule has 1 aromatic heterocycles. The summed E-state index contributed by atoms with van der Waals surface area (Å²) in [5.41, 5.74) is 8.26. The summed E-state index contributed by atoms with van der Waals surface area (Å²) in [6.07, 6.45) is 0. The van der Waals surface area contributed by atoms with E-state index in [9.17, 15) is 14.9 Å². The number of hydrogen-bond acceptors (Lipinski definition) is 6. The van der Waals surface area contributed by atoms with Gasteiger partial charge in [-0.15, -0.1) is 0 Å². The number of anilines is 1. The van der Waals surface area contributed by atoms with Gasteiger partial charge in [0.05, 0.1) is 21.3 Å². The topological polar surface area (TPSA) is 124 Å². The first-order valence-corrected chi connectivity index (χ1v) is 7.75.